The molecular formula is C13H19FN2O. The van der Waals surface area contributed by atoms with Crippen molar-refractivity contribution in [3.05, 3.63) is 24.0 Å². The molecule has 3 nitrogen and oxygen atoms in total. The van der Waals surface area contributed by atoms with Crippen molar-refractivity contribution in [2.45, 2.75) is 12.8 Å². The first-order valence-corrected chi connectivity index (χ1v) is 6.10. The fraction of sp³-hybridized carbons (Fsp3) is 0.538. The van der Waals surface area contributed by atoms with Gasteiger partial charge in [0.15, 0.2) is 0 Å². The smallest absolute Gasteiger partial charge is 0.146 e. The lowest BCUT2D eigenvalue weighted by molar-refractivity contribution is 0.413. The number of hydrogen-bond acceptors (Lipinski definition) is 3. The number of anilines is 1. The zero-order valence-corrected chi connectivity index (χ0v) is 10.2. The number of methoxy groups -OCH3 is 1. The van der Waals surface area contributed by atoms with Gasteiger partial charge in [-0.25, -0.2) is 4.39 Å². The molecule has 4 heteroatoms. The predicted molar refractivity (Wildman–Crippen MR) is 67.3 cm³/mol. The van der Waals surface area contributed by atoms with E-state index < -0.39 is 0 Å². The van der Waals surface area contributed by atoms with Crippen molar-refractivity contribution < 1.29 is 9.13 Å². The van der Waals surface area contributed by atoms with Gasteiger partial charge in [0.2, 0.25) is 0 Å². The van der Waals surface area contributed by atoms with E-state index in [1.807, 2.05) is 0 Å². The van der Waals surface area contributed by atoms with Crippen LogP contribution in [-0.2, 0) is 0 Å². The van der Waals surface area contributed by atoms with Crippen molar-refractivity contribution in [2.24, 2.45) is 0 Å². The summed E-state index contributed by atoms with van der Waals surface area (Å²) in [6, 6.07) is 4.92. The molecule has 1 fully saturated rings. The van der Waals surface area contributed by atoms with E-state index in [0.717, 1.165) is 39.0 Å². The molecule has 0 amide bonds. The third kappa shape index (κ3) is 3.09. The van der Waals surface area contributed by atoms with Gasteiger partial charge in [0.05, 0.1) is 12.8 Å². The van der Waals surface area contributed by atoms with Gasteiger partial charge in [-0.05, 0) is 38.1 Å². The standard InChI is InChI=1S/C13H19FN2O/c1-17-11-4-5-12(14)13(10-11)16-8-2-6-15-7-3-9-16/h4-5,10,15H,2-3,6-9H2,1H3. The van der Waals surface area contributed by atoms with Crippen molar-refractivity contribution >= 4 is 5.69 Å². The van der Waals surface area contributed by atoms with Crippen LogP contribution in [0, 0.1) is 5.82 Å². The molecule has 1 aliphatic rings. The Kier molecular flexibility index (Phi) is 4.20. The lowest BCUT2D eigenvalue weighted by Gasteiger charge is -2.27. The summed E-state index contributed by atoms with van der Waals surface area (Å²) in [6.45, 7) is 3.78. The van der Waals surface area contributed by atoms with Crippen molar-refractivity contribution in [2.75, 3.05) is 38.2 Å². The molecule has 1 heterocycles. The van der Waals surface area contributed by atoms with Crippen LogP contribution in [0.5, 0.6) is 5.75 Å². The van der Waals surface area contributed by atoms with Crippen LogP contribution in [-0.4, -0.2) is 33.3 Å². The molecule has 0 spiro atoms. The van der Waals surface area contributed by atoms with Crippen LogP contribution in [0.4, 0.5) is 10.1 Å². The number of nitrogens with one attached hydrogen (secondary N) is 1. The summed E-state index contributed by atoms with van der Waals surface area (Å²) in [4.78, 5) is 2.11. The largest absolute Gasteiger partial charge is 0.497 e. The normalized spacial score (nSPS) is 17.4. The predicted octanol–water partition coefficient (Wildman–Crippen LogP) is 2.02. The number of ether oxygens (including phenoxy) is 1. The zero-order valence-electron chi connectivity index (χ0n) is 10.2. The molecule has 1 aliphatic heterocycles. The Bertz CT molecular complexity index is 362. The molecule has 0 bridgehead atoms. The molecule has 0 aromatic heterocycles. The van der Waals surface area contributed by atoms with Gasteiger partial charge in [0.1, 0.15) is 11.6 Å². The molecule has 1 N–H and O–H groups in total. The van der Waals surface area contributed by atoms with Gasteiger partial charge in [-0.3, -0.25) is 0 Å². The van der Waals surface area contributed by atoms with E-state index in [0.29, 0.717) is 11.4 Å². The van der Waals surface area contributed by atoms with E-state index in [4.69, 9.17) is 4.74 Å². The summed E-state index contributed by atoms with van der Waals surface area (Å²) < 4.78 is 19.0. The van der Waals surface area contributed by atoms with Gasteiger partial charge < -0.3 is 15.0 Å². The molecule has 0 atom stereocenters. The average Bonchev–Trinajstić information content (AvgIpc) is 2.30. The minimum absolute atomic E-state index is 0.167. The molecule has 0 aliphatic carbocycles. The molecule has 94 valence electrons. The molecule has 0 radical (unpaired) electrons. The molecule has 17 heavy (non-hydrogen) atoms. The van der Waals surface area contributed by atoms with Gasteiger partial charge in [-0.2, -0.15) is 0 Å². The summed E-state index contributed by atoms with van der Waals surface area (Å²) in [6.07, 6.45) is 2.08. The van der Waals surface area contributed by atoms with Gasteiger partial charge in [-0.1, -0.05) is 0 Å². The Morgan fingerprint density at radius 1 is 1.24 bits per heavy atom. The minimum atomic E-state index is -0.167. The van der Waals surface area contributed by atoms with E-state index in [1.54, 1.807) is 19.2 Å². The van der Waals surface area contributed by atoms with Crippen molar-refractivity contribution in [3.8, 4) is 5.75 Å². The summed E-state index contributed by atoms with van der Waals surface area (Å²) >= 11 is 0. The Balaban J connectivity index is 2.17. The van der Waals surface area contributed by atoms with Crippen LogP contribution in [0.25, 0.3) is 0 Å². The molecule has 2 rings (SSSR count). The second-order valence-electron chi connectivity index (χ2n) is 4.26. The van der Waals surface area contributed by atoms with E-state index in [1.165, 1.54) is 6.07 Å². The number of nitrogens with zero attached hydrogens (tertiary/aromatic N) is 1. The highest BCUT2D eigenvalue weighted by Crippen LogP contribution is 2.25. The number of halogens is 1. The van der Waals surface area contributed by atoms with Crippen molar-refractivity contribution in [3.63, 3.8) is 0 Å². The first-order chi connectivity index (χ1) is 8.31. The minimum Gasteiger partial charge on any atom is -0.497 e. The first-order valence-electron chi connectivity index (χ1n) is 6.10. The highest BCUT2D eigenvalue weighted by atomic mass is 19.1. The van der Waals surface area contributed by atoms with Crippen LogP contribution in [0.2, 0.25) is 0 Å². The monoisotopic (exact) mass is 238 g/mol. The summed E-state index contributed by atoms with van der Waals surface area (Å²) in [5.41, 5.74) is 0.659. The van der Waals surface area contributed by atoms with Gasteiger partial charge in [0.25, 0.3) is 0 Å². The topological polar surface area (TPSA) is 24.5 Å². The number of hydrogen-bond donors (Lipinski definition) is 1. The average molecular weight is 238 g/mol. The molecule has 0 unspecified atom stereocenters. The maximum atomic E-state index is 13.8. The molecule has 1 saturated heterocycles. The second-order valence-corrected chi connectivity index (χ2v) is 4.26. The summed E-state index contributed by atoms with van der Waals surface area (Å²) in [5.74, 6) is 0.543. The van der Waals surface area contributed by atoms with Crippen molar-refractivity contribution in [1.29, 1.82) is 0 Å². The third-order valence-electron chi connectivity index (χ3n) is 3.06. The fourth-order valence-electron chi connectivity index (χ4n) is 2.13. The van der Waals surface area contributed by atoms with Crippen LogP contribution >= 0.6 is 0 Å². The third-order valence-corrected chi connectivity index (χ3v) is 3.06. The van der Waals surface area contributed by atoms with Crippen LogP contribution in [0.15, 0.2) is 18.2 Å². The summed E-state index contributed by atoms with van der Waals surface area (Å²) in [5, 5.41) is 3.35. The number of rotatable bonds is 2. The Morgan fingerprint density at radius 2 is 1.94 bits per heavy atom. The van der Waals surface area contributed by atoms with E-state index in [9.17, 15) is 4.39 Å². The van der Waals surface area contributed by atoms with E-state index >= 15 is 0 Å². The highest BCUT2D eigenvalue weighted by molar-refractivity contribution is 5.52. The molecule has 1 aromatic carbocycles. The lowest BCUT2D eigenvalue weighted by atomic mass is 10.2. The molecule has 0 saturated carbocycles. The second kappa shape index (κ2) is 5.87. The van der Waals surface area contributed by atoms with Crippen LogP contribution in [0.1, 0.15) is 12.8 Å². The lowest BCUT2D eigenvalue weighted by Crippen LogP contribution is -2.34. The zero-order chi connectivity index (χ0) is 12.1. The quantitative estimate of drug-likeness (QED) is 0.853. The fourth-order valence-corrected chi connectivity index (χ4v) is 2.13. The maximum Gasteiger partial charge on any atom is 0.146 e. The van der Waals surface area contributed by atoms with Crippen LogP contribution in [0.3, 0.4) is 0 Å². The Morgan fingerprint density at radius 3 is 2.59 bits per heavy atom. The van der Waals surface area contributed by atoms with E-state index in [2.05, 4.69) is 10.2 Å². The van der Waals surface area contributed by atoms with Crippen LogP contribution < -0.4 is 15.0 Å². The Hall–Kier alpha value is -1.29. The van der Waals surface area contributed by atoms with Crippen molar-refractivity contribution in [1.82, 2.24) is 5.32 Å². The summed E-state index contributed by atoms with van der Waals surface area (Å²) in [7, 11) is 1.61. The van der Waals surface area contributed by atoms with Gasteiger partial charge in [0, 0.05) is 19.2 Å². The van der Waals surface area contributed by atoms with Gasteiger partial charge >= 0.3 is 0 Å². The number of benzene rings is 1. The first kappa shape index (κ1) is 12.2. The van der Waals surface area contributed by atoms with E-state index in [-0.39, 0.29) is 5.82 Å². The van der Waals surface area contributed by atoms with Gasteiger partial charge in [-0.15, -0.1) is 0 Å². The highest BCUT2D eigenvalue weighted by Gasteiger charge is 2.13. The Labute approximate surface area is 102 Å². The molecular weight excluding hydrogens is 219 g/mol. The maximum absolute atomic E-state index is 13.8. The SMILES string of the molecule is COc1ccc(F)c(N2CCCNCCC2)c1. The molecule has 1 aromatic rings.